The average Bonchev–Trinajstić information content (AvgIpc) is 3.61. The fourth-order valence-corrected chi connectivity index (χ4v) is 6.48. The van der Waals surface area contributed by atoms with Gasteiger partial charge in [-0.3, -0.25) is 14.8 Å². The van der Waals surface area contributed by atoms with E-state index in [0.29, 0.717) is 37.3 Å². The number of pyridine rings is 2. The van der Waals surface area contributed by atoms with Crippen LogP contribution in [0, 0.1) is 23.2 Å². The van der Waals surface area contributed by atoms with Gasteiger partial charge in [0.2, 0.25) is 11.9 Å². The number of halogens is 2. The molecule has 1 saturated carbocycles. The normalized spacial score (nSPS) is 29.7. The summed E-state index contributed by atoms with van der Waals surface area (Å²) >= 11 is 1.23. The molecule has 5 rings (SSSR count). The first-order valence-electron chi connectivity index (χ1n) is 11.5. The first kappa shape index (κ1) is 24.3. The minimum Gasteiger partial charge on any atom is -0.378 e. The highest BCUT2D eigenvalue weighted by molar-refractivity contribution is 8.15. The predicted octanol–water partition coefficient (Wildman–Crippen LogP) is 3.24. The number of rotatable bonds is 4. The van der Waals surface area contributed by atoms with Crippen LogP contribution in [-0.4, -0.2) is 56.5 Å². The second-order valence-corrected chi connectivity index (χ2v) is 10.8. The third-order valence-electron chi connectivity index (χ3n) is 7.04. The van der Waals surface area contributed by atoms with Gasteiger partial charge < -0.3 is 15.4 Å². The molecule has 1 saturated heterocycles. The molecular formula is C25H24F2N6O2S. The number of aromatic nitrogens is 2. The van der Waals surface area contributed by atoms with Crippen molar-refractivity contribution in [3.8, 4) is 6.07 Å². The first-order chi connectivity index (χ1) is 17.2. The lowest BCUT2D eigenvalue weighted by Crippen LogP contribution is -2.53. The van der Waals surface area contributed by atoms with Crippen LogP contribution in [0.1, 0.15) is 42.7 Å². The van der Waals surface area contributed by atoms with E-state index in [1.807, 2.05) is 17.9 Å². The van der Waals surface area contributed by atoms with E-state index in [2.05, 4.69) is 15.0 Å². The number of hydrogen-bond donors (Lipinski definition) is 1. The summed E-state index contributed by atoms with van der Waals surface area (Å²) in [5, 5.41) is 9.10. The lowest BCUT2D eigenvalue weighted by atomic mass is 9.86. The zero-order valence-electron chi connectivity index (χ0n) is 19.7. The Bertz CT molecular complexity index is 1330. The molecule has 11 heteroatoms. The summed E-state index contributed by atoms with van der Waals surface area (Å²) < 4.78 is 34.6. The summed E-state index contributed by atoms with van der Waals surface area (Å²) in [6, 6.07) is 6.20. The van der Waals surface area contributed by atoms with Crippen LogP contribution >= 0.6 is 11.8 Å². The topological polar surface area (TPSA) is 117 Å². The van der Waals surface area contributed by atoms with Gasteiger partial charge in [-0.2, -0.15) is 9.65 Å². The number of ether oxygens (including phenoxy) is 1. The number of amides is 1. The molecule has 0 radical (unpaired) electrons. The van der Waals surface area contributed by atoms with E-state index >= 15 is 4.39 Å². The maximum absolute atomic E-state index is 15.1. The molecule has 0 aromatic carbocycles. The Morgan fingerprint density at radius 2 is 2.19 bits per heavy atom. The zero-order chi connectivity index (χ0) is 25.7. The Kier molecular flexibility index (Phi) is 6.04. The Hall–Kier alpha value is -3.36. The van der Waals surface area contributed by atoms with Crippen molar-refractivity contribution < 1.29 is 18.3 Å². The van der Waals surface area contributed by atoms with Crippen molar-refractivity contribution in [3.05, 3.63) is 58.9 Å². The van der Waals surface area contributed by atoms with Gasteiger partial charge in [0.25, 0.3) is 0 Å². The summed E-state index contributed by atoms with van der Waals surface area (Å²) in [5.74, 6) is -1.75. The van der Waals surface area contributed by atoms with Crippen LogP contribution in [0.25, 0.3) is 11.9 Å². The Balaban J connectivity index is 1.48. The number of aliphatic imine (C=N–C) groups is 1. The molecule has 2 aliphatic heterocycles. The van der Waals surface area contributed by atoms with Gasteiger partial charge in [0, 0.05) is 30.4 Å². The van der Waals surface area contributed by atoms with Gasteiger partial charge in [-0.05, 0) is 50.1 Å². The summed E-state index contributed by atoms with van der Waals surface area (Å²) in [6.07, 6.45) is 4.18. The highest BCUT2D eigenvalue weighted by atomic mass is 32.2. The Morgan fingerprint density at radius 3 is 2.89 bits per heavy atom. The molecule has 2 aromatic rings. The fraction of sp³-hybridized carbons (Fsp3) is 0.400. The molecule has 1 aliphatic carbocycles. The molecule has 2 fully saturated rings. The van der Waals surface area contributed by atoms with Crippen LogP contribution < -0.4 is 5.73 Å². The van der Waals surface area contributed by atoms with Crippen molar-refractivity contribution in [2.24, 2.45) is 16.6 Å². The summed E-state index contributed by atoms with van der Waals surface area (Å²) in [6.45, 7) is 5.10. The van der Waals surface area contributed by atoms with Crippen LogP contribution in [0.4, 0.5) is 8.78 Å². The first-order valence-corrected chi connectivity index (χ1v) is 12.3. The average molecular weight is 511 g/mol. The highest BCUT2D eigenvalue weighted by Gasteiger charge is 2.71. The van der Waals surface area contributed by atoms with E-state index in [9.17, 15) is 9.18 Å². The third kappa shape index (κ3) is 4.04. The molecule has 0 spiro atoms. The van der Waals surface area contributed by atoms with Crippen LogP contribution in [0.15, 0.2) is 35.6 Å². The van der Waals surface area contributed by atoms with Crippen molar-refractivity contribution in [1.82, 2.24) is 14.9 Å². The molecule has 0 bridgehead atoms. The molecular weight excluding hydrogens is 486 g/mol. The molecule has 4 heterocycles. The number of carbonyl (C=O) groups is 1. The summed E-state index contributed by atoms with van der Waals surface area (Å²) in [5.41, 5.74) is 5.85. The maximum atomic E-state index is 15.1. The number of morpholine rings is 1. The lowest BCUT2D eigenvalue weighted by Gasteiger charge is -2.39. The molecule has 1 amide bonds. The second kappa shape index (κ2) is 8.94. The van der Waals surface area contributed by atoms with Crippen LogP contribution in [0.3, 0.4) is 0 Å². The van der Waals surface area contributed by atoms with Gasteiger partial charge in [-0.1, -0.05) is 11.8 Å². The SMILES string of the molecule is CC1COCCN1C(=O)[C@]12C[C@H]1[C@@](C)(c1cc(/C=C(\F)c3ccc(C#N)cn3)cnc1F)N=C(N)S2. The van der Waals surface area contributed by atoms with Crippen LogP contribution in [-0.2, 0) is 15.1 Å². The van der Waals surface area contributed by atoms with E-state index < -0.39 is 22.1 Å². The quantitative estimate of drug-likeness (QED) is 0.628. The number of thioether (sulfide) groups is 1. The number of amidine groups is 1. The number of nitrogens with zero attached hydrogens (tertiary/aromatic N) is 5. The van der Waals surface area contributed by atoms with Crippen molar-refractivity contribution >= 4 is 34.7 Å². The van der Waals surface area contributed by atoms with Gasteiger partial charge in [-0.15, -0.1) is 0 Å². The smallest absolute Gasteiger partial charge is 0.240 e. The van der Waals surface area contributed by atoms with Crippen molar-refractivity contribution in [1.29, 1.82) is 5.26 Å². The van der Waals surface area contributed by atoms with Gasteiger partial charge in [-0.25, -0.2) is 9.37 Å². The van der Waals surface area contributed by atoms with E-state index in [1.165, 1.54) is 48.4 Å². The second-order valence-electron chi connectivity index (χ2n) is 9.41. The number of hydrogen-bond acceptors (Lipinski definition) is 8. The molecule has 186 valence electrons. The third-order valence-corrected chi connectivity index (χ3v) is 8.33. The fourth-order valence-electron chi connectivity index (χ4n) is 5.05. The van der Waals surface area contributed by atoms with Crippen molar-refractivity contribution in [2.45, 2.75) is 36.6 Å². The Morgan fingerprint density at radius 1 is 1.39 bits per heavy atom. The molecule has 4 atom stereocenters. The Labute approximate surface area is 211 Å². The van der Waals surface area contributed by atoms with Gasteiger partial charge in [0.1, 0.15) is 16.6 Å². The number of nitriles is 1. The molecule has 2 N–H and O–H groups in total. The molecule has 1 unspecified atom stereocenters. The van der Waals surface area contributed by atoms with E-state index in [-0.39, 0.29) is 34.3 Å². The minimum atomic E-state index is -1.15. The number of fused-ring (bicyclic) bond motifs is 1. The predicted molar refractivity (Wildman–Crippen MR) is 132 cm³/mol. The summed E-state index contributed by atoms with van der Waals surface area (Å²) in [4.78, 5) is 27.8. The zero-order valence-corrected chi connectivity index (χ0v) is 20.6. The van der Waals surface area contributed by atoms with Crippen molar-refractivity contribution in [3.63, 3.8) is 0 Å². The highest BCUT2D eigenvalue weighted by Crippen LogP contribution is 2.66. The number of carbonyl (C=O) groups excluding carboxylic acids is 1. The van der Waals surface area contributed by atoms with E-state index in [4.69, 9.17) is 15.7 Å². The van der Waals surface area contributed by atoms with Gasteiger partial charge in [0.05, 0.1) is 36.1 Å². The maximum Gasteiger partial charge on any atom is 0.240 e. The standard InChI is InChI=1S/C25H24F2N6O2S/c1-14-13-35-6-5-33(14)22(34)25-9-20(25)24(2,32-23(29)36-25)17-7-16(12-31-21(17)27)8-18(26)19-4-3-15(10-28)11-30-19/h3-4,7-8,11-12,14,20H,5-6,9,13H2,1-2H3,(H2,29,32)/b18-8-/t14?,20-,24+,25-/m0/s1. The summed E-state index contributed by atoms with van der Waals surface area (Å²) in [7, 11) is 0. The van der Waals surface area contributed by atoms with Gasteiger partial charge >= 0.3 is 0 Å². The van der Waals surface area contributed by atoms with Crippen LogP contribution in [0.2, 0.25) is 0 Å². The number of nitrogens with two attached hydrogens (primary N) is 1. The monoisotopic (exact) mass is 510 g/mol. The molecule has 36 heavy (non-hydrogen) atoms. The molecule has 8 nitrogen and oxygen atoms in total. The van der Waals surface area contributed by atoms with Gasteiger partial charge in [0.15, 0.2) is 5.17 Å². The van der Waals surface area contributed by atoms with Crippen LogP contribution in [0.5, 0.6) is 0 Å². The lowest BCUT2D eigenvalue weighted by molar-refractivity contribution is -0.139. The molecule has 3 aliphatic rings. The van der Waals surface area contributed by atoms with Crippen molar-refractivity contribution in [2.75, 3.05) is 19.8 Å². The minimum absolute atomic E-state index is 0.0360. The molecule has 2 aromatic heterocycles. The largest absolute Gasteiger partial charge is 0.378 e. The van der Waals surface area contributed by atoms with E-state index in [1.54, 1.807) is 6.92 Å². The van der Waals surface area contributed by atoms with E-state index in [0.717, 1.165) is 0 Å².